The standard InChI is InChI=1S/C17H17ClN2O3/c1-11-8-14(18)6-7-16(11)23-10-17(22)20-19-12(2)13-4-3-5-15(21)9-13/h3-9,21H,10H2,1-2H3,(H,20,22)/b19-12+. The number of phenolic OH excluding ortho intramolecular Hbond substituents is 1. The molecule has 0 aliphatic rings. The molecule has 6 heteroatoms. The molecule has 0 aliphatic carbocycles. The number of ether oxygens (including phenoxy) is 1. The van der Waals surface area contributed by atoms with Crippen LogP contribution in [0.1, 0.15) is 18.1 Å². The SMILES string of the molecule is C/C(=N\NC(=O)COc1ccc(Cl)cc1C)c1cccc(O)c1. The van der Waals surface area contributed by atoms with Gasteiger partial charge in [0, 0.05) is 10.6 Å². The molecule has 0 aliphatic heterocycles. The number of hydrogen-bond donors (Lipinski definition) is 2. The van der Waals surface area contributed by atoms with E-state index < -0.39 is 0 Å². The number of hydrazone groups is 1. The van der Waals surface area contributed by atoms with Crippen LogP contribution in [-0.2, 0) is 4.79 Å². The van der Waals surface area contributed by atoms with Gasteiger partial charge < -0.3 is 9.84 Å². The van der Waals surface area contributed by atoms with E-state index in [0.717, 1.165) is 11.1 Å². The molecule has 0 atom stereocenters. The first-order valence-corrected chi connectivity index (χ1v) is 7.35. The highest BCUT2D eigenvalue weighted by molar-refractivity contribution is 6.30. The van der Waals surface area contributed by atoms with Crippen molar-refractivity contribution in [1.29, 1.82) is 0 Å². The van der Waals surface area contributed by atoms with Crippen molar-refractivity contribution in [2.24, 2.45) is 5.10 Å². The highest BCUT2D eigenvalue weighted by Gasteiger charge is 2.05. The molecule has 0 spiro atoms. The number of benzene rings is 2. The van der Waals surface area contributed by atoms with Gasteiger partial charge in [0.15, 0.2) is 6.61 Å². The van der Waals surface area contributed by atoms with E-state index in [1.165, 1.54) is 0 Å². The first-order valence-electron chi connectivity index (χ1n) is 6.97. The quantitative estimate of drug-likeness (QED) is 0.652. The summed E-state index contributed by atoms with van der Waals surface area (Å²) in [4.78, 5) is 11.8. The Bertz CT molecular complexity index is 744. The third kappa shape index (κ3) is 5.00. The number of rotatable bonds is 5. The molecule has 0 saturated carbocycles. The number of amides is 1. The zero-order chi connectivity index (χ0) is 16.8. The van der Waals surface area contributed by atoms with Crippen molar-refractivity contribution in [1.82, 2.24) is 5.43 Å². The van der Waals surface area contributed by atoms with Crippen molar-refractivity contribution < 1.29 is 14.6 Å². The monoisotopic (exact) mass is 332 g/mol. The summed E-state index contributed by atoms with van der Waals surface area (Å²) in [6.07, 6.45) is 0. The molecule has 0 unspecified atom stereocenters. The number of halogens is 1. The van der Waals surface area contributed by atoms with Gasteiger partial charge in [0.25, 0.3) is 5.91 Å². The van der Waals surface area contributed by atoms with Gasteiger partial charge >= 0.3 is 0 Å². The number of phenols is 1. The lowest BCUT2D eigenvalue weighted by molar-refractivity contribution is -0.123. The van der Waals surface area contributed by atoms with Crippen molar-refractivity contribution in [2.75, 3.05) is 6.61 Å². The molecule has 2 aromatic carbocycles. The van der Waals surface area contributed by atoms with Gasteiger partial charge in [0.1, 0.15) is 11.5 Å². The van der Waals surface area contributed by atoms with Crippen LogP contribution in [0, 0.1) is 6.92 Å². The maximum Gasteiger partial charge on any atom is 0.277 e. The largest absolute Gasteiger partial charge is 0.508 e. The topological polar surface area (TPSA) is 70.9 Å². The van der Waals surface area contributed by atoms with E-state index in [1.54, 1.807) is 49.4 Å². The molecular weight excluding hydrogens is 316 g/mol. The second kappa shape index (κ2) is 7.65. The molecule has 0 saturated heterocycles. The normalized spacial score (nSPS) is 11.2. The predicted molar refractivity (Wildman–Crippen MR) is 90.1 cm³/mol. The van der Waals surface area contributed by atoms with Crippen LogP contribution in [0.2, 0.25) is 5.02 Å². The number of aromatic hydroxyl groups is 1. The van der Waals surface area contributed by atoms with E-state index in [-0.39, 0.29) is 18.3 Å². The smallest absolute Gasteiger partial charge is 0.277 e. The summed E-state index contributed by atoms with van der Waals surface area (Å²) in [7, 11) is 0. The Kier molecular flexibility index (Phi) is 5.60. The molecular formula is C17H17ClN2O3. The van der Waals surface area contributed by atoms with Gasteiger partial charge in [-0.2, -0.15) is 5.10 Å². The molecule has 23 heavy (non-hydrogen) atoms. The number of carbonyl (C=O) groups is 1. The Morgan fingerprint density at radius 1 is 1.30 bits per heavy atom. The number of carbonyl (C=O) groups excluding carboxylic acids is 1. The molecule has 0 bridgehead atoms. The molecule has 120 valence electrons. The van der Waals surface area contributed by atoms with Crippen LogP contribution in [0.4, 0.5) is 0 Å². The molecule has 1 amide bonds. The van der Waals surface area contributed by atoms with E-state index in [4.69, 9.17) is 16.3 Å². The van der Waals surface area contributed by atoms with Crippen LogP contribution in [-0.4, -0.2) is 23.3 Å². The molecule has 0 heterocycles. The first kappa shape index (κ1) is 16.8. The van der Waals surface area contributed by atoms with E-state index in [2.05, 4.69) is 10.5 Å². The summed E-state index contributed by atoms with van der Waals surface area (Å²) < 4.78 is 5.43. The molecule has 0 aromatic heterocycles. The van der Waals surface area contributed by atoms with Crippen molar-refractivity contribution in [3.63, 3.8) is 0 Å². The fourth-order valence-electron chi connectivity index (χ4n) is 1.89. The molecule has 2 rings (SSSR count). The number of aryl methyl sites for hydroxylation is 1. The number of nitrogens with zero attached hydrogens (tertiary/aromatic N) is 1. The van der Waals surface area contributed by atoms with E-state index in [0.29, 0.717) is 16.5 Å². The maximum atomic E-state index is 11.8. The highest BCUT2D eigenvalue weighted by Crippen LogP contribution is 2.21. The number of hydrogen-bond acceptors (Lipinski definition) is 4. The zero-order valence-electron chi connectivity index (χ0n) is 12.8. The lowest BCUT2D eigenvalue weighted by Crippen LogP contribution is -2.25. The average Bonchev–Trinajstić information content (AvgIpc) is 2.51. The lowest BCUT2D eigenvalue weighted by Gasteiger charge is -2.08. The number of nitrogens with one attached hydrogen (secondary N) is 1. The van der Waals surface area contributed by atoms with Crippen LogP contribution < -0.4 is 10.2 Å². The minimum atomic E-state index is -0.376. The third-order valence-electron chi connectivity index (χ3n) is 3.11. The average molecular weight is 333 g/mol. The summed E-state index contributed by atoms with van der Waals surface area (Å²) in [5.74, 6) is 0.363. The molecule has 2 aromatic rings. The van der Waals surface area contributed by atoms with Crippen molar-refractivity contribution in [2.45, 2.75) is 13.8 Å². The lowest BCUT2D eigenvalue weighted by atomic mass is 10.1. The first-order chi connectivity index (χ1) is 11.0. The summed E-state index contributed by atoms with van der Waals surface area (Å²) in [5.41, 5.74) is 4.57. The summed E-state index contributed by atoms with van der Waals surface area (Å²) in [6, 6.07) is 11.8. The summed E-state index contributed by atoms with van der Waals surface area (Å²) >= 11 is 5.86. The Labute approximate surface area is 139 Å². The van der Waals surface area contributed by atoms with Gasteiger partial charge in [-0.3, -0.25) is 4.79 Å². The zero-order valence-corrected chi connectivity index (χ0v) is 13.6. The third-order valence-corrected chi connectivity index (χ3v) is 3.34. The van der Waals surface area contributed by atoms with Gasteiger partial charge in [0.2, 0.25) is 0 Å². The van der Waals surface area contributed by atoms with Crippen molar-refractivity contribution in [3.05, 3.63) is 58.6 Å². The van der Waals surface area contributed by atoms with Gasteiger partial charge in [-0.15, -0.1) is 0 Å². The maximum absolute atomic E-state index is 11.8. The minimum Gasteiger partial charge on any atom is -0.508 e. The highest BCUT2D eigenvalue weighted by atomic mass is 35.5. The fourth-order valence-corrected chi connectivity index (χ4v) is 2.12. The predicted octanol–water partition coefficient (Wildman–Crippen LogP) is 3.27. The minimum absolute atomic E-state index is 0.143. The molecule has 5 nitrogen and oxygen atoms in total. The Balaban J connectivity index is 1.90. The van der Waals surface area contributed by atoms with E-state index >= 15 is 0 Å². The van der Waals surface area contributed by atoms with Crippen LogP contribution in [0.15, 0.2) is 47.6 Å². The molecule has 0 radical (unpaired) electrons. The second-order valence-electron chi connectivity index (χ2n) is 4.98. The Morgan fingerprint density at radius 3 is 2.78 bits per heavy atom. The van der Waals surface area contributed by atoms with Crippen LogP contribution in [0.5, 0.6) is 11.5 Å². The van der Waals surface area contributed by atoms with Gasteiger partial charge in [-0.1, -0.05) is 23.7 Å². The van der Waals surface area contributed by atoms with Gasteiger partial charge in [-0.25, -0.2) is 5.43 Å². The summed E-state index contributed by atoms with van der Waals surface area (Å²) in [5, 5.41) is 14.0. The Morgan fingerprint density at radius 2 is 2.09 bits per heavy atom. The fraction of sp³-hybridized carbons (Fsp3) is 0.176. The molecule has 2 N–H and O–H groups in total. The van der Waals surface area contributed by atoms with Crippen molar-refractivity contribution >= 4 is 23.2 Å². The second-order valence-corrected chi connectivity index (χ2v) is 5.42. The summed E-state index contributed by atoms with van der Waals surface area (Å²) in [6.45, 7) is 3.43. The van der Waals surface area contributed by atoms with Crippen LogP contribution in [0.3, 0.4) is 0 Å². The Hall–Kier alpha value is -2.53. The van der Waals surface area contributed by atoms with E-state index in [1.807, 2.05) is 6.92 Å². The van der Waals surface area contributed by atoms with E-state index in [9.17, 15) is 9.90 Å². The van der Waals surface area contributed by atoms with Crippen molar-refractivity contribution in [3.8, 4) is 11.5 Å². The molecule has 0 fully saturated rings. The van der Waals surface area contributed by atoms with Crippen LogP contribution in [0.25, 0.3) is 0 Å². The van der Waals surface area contributed by atoms with Gasteiger partial charge in [-0.05, 0) is 49.7 Å². The van der Waals surface area contributed by atoms with Gasteiger partial charge in [0.05, 0.1) is 5.71 Å². The van der Waals surface area contributed by atoms with Crippen LogP contribution >= 0.6 is 11.6 Å².